The molecule has 0 saturated carbocycles. The molecule has 0 N–H and O–H groups in total. The standard InChI is InChI=1S/C31H49NO8/c1-2-3-4-5-6-7-8-9-28-10-12-29(13-11-28)40-27-26-39-25-24-38-23-22-37-21-20-36-19-18-35-17-16-32-30(33)14-15-31(32)34/h10-15H,2-9,16-27H2,1H3. The van der Waals surface area contributed by atoms with E-state index in [9.17, 15) is 9.59 Å². The highest BCUT2D eigenvalue weighted by atomic mass is 16.6. The summed E-state index contributed by atoms with van der Waals surface area (Å²) in [6.07, 6.45) is 13.0. The smallest absolute Gasteiger partial charge is 0.253 e. The number of carbonyl (C=O) groups is 2. The highest BCUT2D eigenvalue weighted by Crippen LogP contribution is 2.15. The Balaban J connectivity index is 1.27. The monoisotopic (exact) mass is 563 g/mol. The lowest BCUT2D eigenvalue weighted by Crippen LogP contribution is -2.33. The number of hydrogen-bond donors (Lipinski definition) is 0. The number of carbonyl (C=O) groups excluding carboxylic acids is 2. The highest BCUT2D eigenvalue weighted by Gasteiger charge is 2.22. The van der Waals surface area contributed by atoms with Crippen molar-refractivity contribution >= 4 is 11.8 Å². The molecular formula is C31H49NO8. The second-order valence-corrected chi connectivity index (χ2v) is 9.59. The first kappa shape index (κ1) is 33.9. The van der Waals surface area contributed by atoms with Gasteiger partial charge in [-0.25, -0.2) is 0 Å². The van der Waals surface area contributed by atoms with Gasteiger partial charge in [0, 0.05) is 12.2 Å². The molecule has 0 spiro atoms. The van der Waals surface area contributed by atoms with Crippen LogP contribution in [0.2, 0.25) is 0 Å². The Morgan fingerprint density at radius 2 is 1.00 bits per heavy atom. The lowest BCUT2D eigenvalue weighted by atomic mass is 10.0. The van der Waals surface area contributed by atoms with Crippen molar-refractivity contribution in [3.05, 3.63) is 42.0 Å². The van der Waals surface area contributed by atoms with E-state index in [1.54, 1.807) is 0 Å². The van der Waals surface area contributed by atoms with Crippen molar-refractivity contribution in [2.45, 2.75) is 58.3 Å². The van der Waals surface area contributed by atoms with Crippen LogP contribution in [0, 0.1) is 0 Å². The molecule has 0 unspecified atom stereocenters. The number of imide groups is 1. The molecule has 9 nitrogen and oxygen atoms in total. The molecule has 0 saturated heterocycles. The highest BCUT2D eigenvalue weighted by molar-refractivity contribution is 6.12. The van der Waals surface area contributed by atoms with Gasteiger partial charge in [0.1, 0.15) is 12.4 Å². The molecular weight excluding hydrogens is 514 g/mol. The number of benzene rings is 1. The molecule has 0 fully saturated rings. The molecule has 2 rings (SSSR count). The number of unbranched alkanes of at least 4 members (excludes halogenated alkanes) is 6. The van der Waals surface area contributed by atoms with Gasteiger partial charge in [-0.1, -0.05) is 57.6 Å². The number of nitrogens with zero attached hydrogens (tertiary/aromatic N) is 1. The van der Waals surface area contributed by atoms with E-state index < -0.39 is 0 Å². The molecule has 1 aromatic rings. The van der Waals surface area contributed by atoms with E-state index in [0.717, 1.165) is 17.1 Å². The summed E-state index contributed by atoms with van der Waals surface area (Å²) >= 11 is 0. The number of ether oxygens (including phenoxy) is 6. The van der Waals surface area contributed by atoms with E-state index in [1.807, 2.05) is 12.1 Å². The van der Waals surface area contributed by atoms with Gasteiger partial charge in [-0.2, -0.15) is 0 Å². The molecule has 1 heterocycles. The van der Waals surface area contributed by atoms with Gasteiger partial charge < -0.3 is 28.4 Å². The first-order valence-corrected chi connectivity index (χ1v) is 14.8. The predicted octanol–water partition coefficient (Wildman–Crippen LogP) is 4.37. The van der Waals surface area contributed by atoms with Crippen molar-refractivity contribution in [2.24, 2.45) is 0 Å². The zero-order valence-corrected chi connectivity index (χ0v) is 24.3. The van der Waals surface area contributed by atoms with Crippen molar-refractivity contribution in [1.29, 1.82) is 0 Å². The van der Waals surface area contributed by atoms with Gasteiger partial charge in [-0.15, -0.1) is 0 Å². The molecule has 1 aliphatic rings. The fourth-order valence-corrected chi connectivity index (χ4v) is 4.05. The molecule has 9 heteroatoms. The fraction of sp³-hybridized carbons (Fsp3) is 0.677. The Kier molecular flexibility index (Phi) is 19.8. The number of aryl methyl sites for hydroxylation is 1. The normalized spacial score (nSPS) is 13.1. The minimum Gasteiger partial charge on any atom is -0.491 e. The summed E-state index contributed by atoms with van der Waals surface area (Å²) in [6.45, 7) is 7.59. The van der Waals surface area contributed by atoms with Crippen LogP contribution >= 0.6 is 0 Å². The maximum atomic E-state index is 11.4. The van der Waals surface area contributed by atoms with Crippen LogP contribution in [0.25, 0.3) is 0 Å². The second-order valence-electron chi connectivity index (χ2n) is 9.59. The van der Waals surface area contributed by atoms with Gasteiger partial charge in [-0.3, -0.25) is 14.5 Å². The molecule has 0 aromatic heterocycles. The van der Waals surface area contributed by atoms with Crippen LogP contribution in [0.4, 0.5) is 0 Å². The molecule has 1 aromatic carbocycles. The van der Waals surface area contributed by atoms with E-state index >= 15 is 0 Å². The summed E-state index contributed by atoms with van der Waals surface area (Å²) in [6, 6.07) is 8.41. The summed E-state index contributed by atoms with van der Waals surface area (Å²) in [5.41, 5.74) is 1.37. The molecule has 226 valence electrons. The Hall–Kier alpha value is -2.30. The van der Waals surface area contributed by atoms with Gasteiger partial charge in [-0.05, 0) is 30.5 Å². The largest absolute Gasteiger partial charge is 0.491 e. The number of amides is 2. The quantitative estimate of drug-likeness (QED) is 0.115. The van der Waals surface area contributed by atoms with Crippen LogP contribution in [0.15, 0.2) is 36.4 Å². The SMILES string of the molecule is CCCCCCCCCc1ccc(OCCOCCOCCOCCOCCOCCN2C(=O)C=CC2=O)cc1. The van der Waals surface area contributed by atoms with Crippen molar-refractivity contribution in [2.75, 3.05) is 79.2 Å². The summed E-state index contributed by atoms with van der Waals surface area (Å²) in [4.78, 5) is 23.9. The molecule has 0 radical (unpaired) electrons. The van der Waals surface area contributed by atoms with E-state index in [2.05, 4.69) is 19.1 Å². The van der Waals surface area contributed by atoms with Crippen LogP contribution in [-0.2, 0) is 39.7 Å². The third kappa shape index (κ3) is 16.7. The lowest BCUT2D eigenvalue weighted by Gasteiger charge is -2.13. The first-order chi connectivity index (χ1) is 19.7. The molecule has 40 heavy (non-hydrogen) atoms. The van der Waals surface area contributed by atoms with Crippen LogP contribution < -0.4 is 4.74 Å². The van der Waals surface area contributed by atoms with Gasteiger partial charge >= 0.3 is 0 Å². The molecule has 0 atom stereocenters. The summed E-state index contributed by atoms with van der Waals surface area (Å²) < 4.78 is 33.1. The zero-order chi connectivity index (χ0) is 28.5. The Morgan fingerprint density at radius 1 is 0.550 bits per heavy atom. The lowest BCUT2D eigenvalue weighted by molar-refractivity contribution is -0.137. The van der Waals surface area contributed by atoms with Crippen LogP contribution in [-0.4, -0.2) is 95.9 Å². The summed E-state index contributed by atoms with van der Waals surface area (Å²) in [5, 5.41) is 0. The number of rotatable bonds is 27. The molecule has 1 aliphatic heterocycles. The Bertz CT molecular complexity index is 796. The van der Waals surface area contributed by atoms with Crippen LogP contribution in [0.1, 0.15) is 57.4 Å². The van der Waals surface area contributed by atoms with Gasteiger partial charge in [0.2, 0.25) is 0 Å². The third-order valence-electron chi connectivity index (χ3n) is 6.34. The van der Waals surface area contributed by atoms with Crippen molar-refractivity contribution < 1.29 is 38.0 Å². The van der Waals surface area contributed by atoms with Crippen molar-refractivity contribution in [3.8, 4) is 5.75 Å². The fourth-order valence-electron chi connectivity index (χ4n) is 4.05. The van der Waals surface area contributed by atoms with E-state index in [-0.39, 0.29) is 18.4 Å². The predicted molar refractivity (Wildman–Crippen MR) is 154 cm³/mol. The van der Waals surface area contributed by atoms with Crippen LogP contribution in [0.3, 0.4) is 0 Å². The maximum absolute atomic E-state index is 11.4. The van der Waals surface area contributed by atoms with Gasteiger partial charge in [0.25, 0.3) is 11.8 Å². The van der Waals surface area contributed by atoms with Crippen molar-refractivity contribution in [3.63, 3.8) is 0 Å². The summed E-state index contributed by atoms with van der Waals surface area (Å²) in [7, 11) is 0. The van der Waals surface area contributed by atoms with E-state index in [0.29, 0.717) is 72.7 Å². The molecule has 0 aliphatic carbocycles. The minimum atomic E-state index is -0.297. The zero-order valence-electron chi connectivity index (χ0n) is 24.3. The molecule has 0 bridgehead atoms. The average Bonchev–Trinajstić information content (AvgIpc) is 3.29. The second kappa shape index (κ2) is 23.4. The van der Waals surface area contributed by atoms with Gasteiger partial charge in [0.15, 0.2) is 0 Å². The van der Waals surface area contributed by atoms with Crippen LogP contribution in [0.5, 0.6) is 5.75 Å². The topological polar surface area (TPSA) is 92.8 Å². The minimum absolute atomic E-state index is 0.250. The third-order valence-corrected chi connectivity index (χ3v) is 6.34. The van der Waals surface area contributed by atoms with E-state index in [4.69, 9.17) is 28.4 Å². The Morgan fingerprint density at radius 3 is 1.52 bits per heavy atom. The molecule has 2 amide bonds. The maximum Gasteiger partial charge on any atom is 0.253 e. The summed E-state index contributed by atoms with van der Waals surface area (Å²) in [5.74, 6) is 0.283. The number of hydrogen-bond acceptors (Lipinski definition) is 8. The van der Waals surface area contributed by atoms with E-state index in [1.165, 1.54) is 62.7 Å². The Labute approximate surface area is 240 Å². The van der Waals surface area contributed by atoms with Gasteiger partial charge in [0.05, 0.1) is 72.6 Å². The first-order valence-electron chi connectivity index (χ1n) is 14.8. The van der Waals surface area contributed by atoms with Crippen molar-refractivity contribution in [1.82, 2.24) is 4.90 Å². The average molecular weight is 564 g/mol.